The van der Waals surface area contributed by atoms with E-state index >= 15 is 0 Å². The molecule has 0 N–H and O–H groups in total. The van der Waals surface area contributed by atoms with E-state index < -0.39 is 0 Å². The molecule has 0 radical (unpaired) electrons. The topological polar surface area (TPSA) is 22.0 Å². The number of aryl methyl sites for hydroxylation is 2. The molecule has 0 aliphatic rings. The van der Waals surface area contributed by atoms with E-state index in [1.54, 1.807) is 0 Å². The van der Waals surface area contributed by atoms with Gasteiger partial charge in [-0.05, 0) is 39.0 Å². The molecule has 0 aliphatic heterocycles. The van der Waals surface area contributed by atoms with Crippen LogP contribution in [0.15, 0.2) is 18.2 Å². The highest BCUT2D eigenvalue weighted by atomic mass is 32.1. The summed E-state index contributed by atoms with van der Waals surface area (Å²) in [6.45, 7) is 7.02. The Kier molecular flexibility index (Phi) is 2.97. The van der Waals surface area contributed by atoms with Gasteiger partial charge in [0.2, 0.25) is 0 Å². The number of hydrogen-bond acceptors (Lipinski definition) is 2. The van der Waals surface area contributed by atoms with Crippen molar-refractivity contribution >= 4 is 17.6 Å². The minimum absolute atomic E-state index is 0.797. The maximum absolute atomic E-state index is 10.8. The van der Waals surface area contributed by atoms with Gasteiger partial charge in [0.25, 0.3) is 0 Å². The zero-order valence-electron chi connectivity index (χ0n) is 9.78. The summed E-state index contributed by atoms with van der Waals surface area (Å²) < 4.78 is 2.19. The second-order valence-electron chi connectivity index (χ2n) is 4.04. The van der Waals surface area contributed by atoms with Crippen LogP contribution in [0.25, 0.3) is 0 Å². The van der Waals surface area contributed by atoms with Crippen molar-refractivity contribution in [3.8, 4) is 0 Å². The number of rotatable bonds is 3. The first-order chi connectivity index (χ1) is 7.61. The van der Waals surface area contributed by atoms with E-state index in [4.69, 9.17) is 0 Å². The van der Waals surface area contributed by atoms with Gasteiger partial charge in [-0.3, -0.25) is 4.79 Å². The van der Waals surface area contributed by atoms with Gasteiger partial charge in [0.15, 0.2) is 6.29 Å². The van der Waals surface area contributed by atoms with Gasteiger partial charge in [-0.1, -0.05) is 0 Å². The van der Waals surface area contributed by atoms with Crippen molar-refractivity contribution in [2.75, 3.05) is 0 Å². The zero-order chi connectivity index (χ0) is 11.7. The lowest BCUT2D eigenvalue weighted by Crippen LogP contribution is -2.02. The summed E-state index contributed by atoms with van der Waals surface area (Å²) in [6.07, 6.45) is 0.929. The van der Waals surface area contributed by atoms with Gasteiger partial charge in [0.05, 0.1) is 6.54 Å². The molecule has 0 bridgehead atoms. The molecule has 16 heavy (non-hydrogen) atoms. The van der Waals surface area contributed by atoms with Gasteiger partial charge in [-0.15, -0.1) is 11.3 Å². The fourth-order valence-corrected chi connectivity index (χ4v) is 2.80. The van der Waals surface area contributed by atoms with E-state index in [0.717, 1.165) is 29.8 Å². The summed E-state index contributed by atoms with van der Waals surface area (Å²) in [5, 5.41) is 0. The number of carbonyl (C=O) groups is 1. The molecule has 2 rings (SSSR count). The van der Waals surface area contributed by atoms with Gasteiger partial charge in [0.1, 0.15) is 0 Å². The molecule has 0 aromatic carbocycles. The van der Waals surface area contributed by atoms with Gasteiger partial charge in [-0.25, -0.2) is 0 Å². The molecule has 2 nitrogen and oxygen atoms in total. The van der Waals surface area contributed by atoms with Crippen LogP contribution in [0.5, 0.6) is 0 Å². The molecule has 0 aliphatic carbocycles. The summed E-state index contributed by atoms with van der Waals surface area (Å²) in [5.74, 6) is 0. The monoisotopic (exact) mass is 233 g/mol. The summed E-state index contributed by atoms with van der Waals surface area (Å²) in [5.41, 5.74) is 3.00. The Bertz CT molecular complexity index is 522. The highest BCUT2D eigenvalue weighted by molar-refractivity contribution is 7.11. The van der Waals surface area contributed by atoms with E-state index in [2.05, 4.69) is 23.6 Å². The third-order valence-corrected chi connectivity index (χ3v) is 3.84. The normalized spacial score (nSPS) is 10.7. The molecule has 0 fully saturated rings. The van der Waals surface area contributed by atoms with Crippen LogP contribution in [-0.2, 0) is 6.54 Å². The second kappa shape index (κ2) is 4.26. The van der Waals surface area contributed by atoms with E-state index in [1.807, 2.05) is 31.3 Å². The number of aromatic nitrogens is 1. The SMILES string of the molecule is Cc1ccc(Cn2c(C)cc(C=O)c2C)s1. The highest BCUT2D eigenvalue weighted by Crippen LogP contribution is 2.20. The molecule has 3 heteroatoms. The minimum Gasteiger partial charge on any atom is -0.343 e. The second-order valence-corrected chi connectivity index (χ2v) is 5.42. The van der Waals surface area contributed by atoms with Crippen LogP contribution >= 0.6 is 11.3 Å². The van der Waals surface area contributed by atoms with E-state index in [-0.39, 0.29) is 0 Å². The summed E-state index contributed by atoms with van der Waals surface area (Å²) >= 11 is 1.81. The zero-order valence-corrected chi connectivity index (χ0v) is 10.6. The molecule has 2 aromatic heterocycles. The average molecular weight is 233 g/mol. The number of aldehydes is 1. The Morgan fingerprint density at radius 3 is 2.56 bits per heavy atom. The highest BCUT2D eigenvalue weighted by Gasteiger charge is 2.09. The smallest absolute Gasteiger partial charge is 0.151 e. The number of hydrogen-bond donors (Lipinski definition) is 0. The quantitative estimate of drug-likeness (QED) is 0.745. The van der Waals surface area contributed by atoms with Crippen LogP contribution in [0.3, 0.4) is 0 Å². The summed E-state index contributed by atoms with van der Waals surface area (Å²) in [4.78, 5) is 13.5. The lowest BCUT2D eigenvalue weighted by atomic mass is 10.3. The van der Waals surface area contributed by atoms with E-state index in [1.165, 1.54) is 9.75 Å². The standard InChI is InChI=1S/C13H15NOS/c1-9-6-12(8-15)11(3)14(9)7-13-5-4-10(2)16-13/h4-6,8H,7H2,1-3H3. The predicted octanol–water partition coefficient (Wildman–Crippen LogP) is 3.34. The van der Waals surface area contributed by atoms with Crippen molar-refractivity contribution in [3.63, 3.8) is 0 Å². The van der Waals surface area contributed by atoms with Crippen LogP contribution in [0.1, 0.15) is 31.5 Å². The lowest BCUT2D eigenvalue weighted by Gasteiger charge is -2.07. The Balaban J connectivity index is 2.34. The molecule has 84 valence electrons. The molecule has 0 saturated carbocycles. The molecule has 0 saturated heterocycles. The summed E-state index contributed by atoms with van der Waals surface area (Å²) in [7, 11) is 0. The lowest BCUT2D eigenvalue weighted by molar-refractivity contribution is 0.112. The number of nitrogens with zero attached hydrogens (tertiary/aromatic N) is 1. The van der Waals surface area contributed by atoms with Gasteiger partial charge in [0, 0.05) is 26.7 Å². The van der Waals surface area contributed by atoms with Crippen LogP contribution in [0.4, 0.5) is 0 Å². The Labute approximate surface area is 99.5 Å². The molecular formula is C13H15NOS. The van der Waals surface area contributed by atoms with Crippen molar-refractivity contribution in [1.82, 2.24) is 4.57 Å². The third-order valence-electron chi connectivity index (χ3n) is 2.85. The fraction of sp³-hybridized carbons (Fsp3) is 0.308. The number of thiophene rings is 1. The van der Waals surface area contributed by atoms with Crippen molar-refractivity contribution < 1.29 is 4.79 Å². The fourth-order valence-electron chi connectivity index (χ4n) is 1.92. The maximum Gasteiger partial charge on any atom is 0.151 e. The minimum atomic E-state index is 0.797. The number of carbonyl (C=O) groups excluding carboxylic acids is 1. The van der Waals surface area contributed by atoms with Gasteiger partial charge in [-0.2, -0.15) is 0 Å². The van der Waals surface area contributed by atoms with Crippen LogP contribution in [0, 0.1) is 20.8 Å². The van der Waals surface area contributed by atoms with Crippen molar-refractivity contribution in [2.45, 2.75) is 27.3 Å². The largest absolute Gasteiger partial charge is 0.343 e. The molecule has 2 heterocycles. The first kappa shape index (κ1) is 11.1. The van der Waals surface area contributed by atoms with E-state index in [0.29, 0.717) is 0 Å². The van der Waals surface area contributed by atoms with Crippen LogP contribution in [-0.4, -0.2) is 10.9 Å². The molecule has 0 unspecified atom stereocenters. The third kappa shape index (κ3) is 1.95. The van der Waals surface area contributed by atoms with Crippen molar-refractivity contribution in [3.05, 3.63) is 44.9 Å². The van der Waals surface area contributed by atoms with Gasteiger partial charge >= 0.3 is 0 Å². The van der Waals surface area contributed by atoms with E-state index in [9.17, 15) is 4.79 Å². The van der Waals surface area contributed by atoms with Gasteiger partial charge < -0.3 is 4.57 Å². The van der Waals surface area contributed by atoms with Crippen molar-refractivity contribution in [1.29, 1.82) is 0 Å². The molecular weight excluding hydrogens is 218 g/mol. The Morgan fingerprint density at radius 1 is 1.31 bits per heavy atom. The maximum atomic E-state index is 10.8. The molecule has 0 atom stereocenters. The first-order valence-corrected chi connectivity index (χ1v) is 6.10. The average Bonchev–Trinajstić information content (AvgIpc) is 2.77. The molecule has 0 amide bonds. The Hall–Kier alpha value is -1.35. The predicted molar refractivity (Wildman–Crippen MR) is 67.5 cm³/mol. The first-order valence-electron chi connectivity index (χ1n) is 5.29. The van der Waals surface area contributed by atoms with Crippen LogP contribution in [0.2, 0.25) is 0 Å². The Morgan fingerprint density at radius 2 is 2.06 bits per heavy atom. The molecule has 0 spiro atoms. The van der Waals surface area contributed by atoms with Crippen LogP contribution < -0.4 is 0 Å². The summed E-state index contributed by atoms with van der Waals surface area (Å²) in [6, 6.07) is 6.23. The van der Waals surface area contributed by atoms with Crippen molar-refractivity contribution in [2.24, 2.45) is 0 Å². The molecule has 2 aromatic rings.